The van der Waals surface area contributed by atoms with Crippen molar-refractivity contribution in [3.8, 4) is 0 Å². The van der Waals surface area contributed by atoms with Crippen LogP contribution in [0, 0.1) is 0 Å². The second kappa shape index (κ2) is 2.80. The molecule has 9 heavy (non-hydrogen) atoms. The average molecular weight is 146 g/mol. The van der Waals surface area contributed by atoms with Crippen molar-refractivity contribution >= 4 is 0 Å². The summed E-state index contributed by atoms with van der Waals surface area (Å²) in [6.07, 6.45) is -8.55. The van der Waals surface area contributed by atoms with Gasteiger partial charge >= 0.3 is 6.18 Å². The molecule has 0 aromatic heterocycles. The van der Waals surface area contributed by atoms with E-state index in [4.69, 9.17) is 0 Å². The average Bonchev–Trinajstić information content (AvgIpc) is 1.59. The van der Waals surface area contributed by atoms with Crippen molar-refractivity contribution in [2.75, 3.05) is 0 Å². The number of hydrogen-bond donors (Lipinski definition) is 0. The first-order valence-electron chi connectivity index (χ1n) is 2.00. The standard InChI is InChI=1S/C4H3F5/c5-3(6)1-2-4(7,8)9/h1H,2H2. The van der Waals surface area contributed by atoms with Gasteiger partial charge in [0.2, 0.25) is 0 Å². The molecule has 0 fully saturated rings. The van der Waals surface area contributed by atoms with Crippen LogP contribution < -0.4 is 0 Å². The van der Waals surface area contributed by atoms with Crippen molar-refractivity contribution in [2.24, 2.45) is 0 Å². The van der Waals surface area contributed by atoms with Crippen molar-refractivity contribution in [1.82, 2.24) is 0 Å². The highest BCUT2D eigenvalue weighted by molar-refractivity contribution is 4.82. The Morgan fingerprint density at radius 3 is 1.78 bits per heavy atom. The van der Waals surface area contributed by atoms with E-state index in [9.17, 15) is 22.0 Å². The zero-order valence-corrected chi connectivity index (χ0v) is 4.17. The zero-order valence-electron chi connectivity index (χ0n) is 4.17. The van der Waals surface area contributed by atoms with Gasteiger partial charge in [0.05, 0.1) is 6.42 Å². The van der Waals surface area contributed by atoms with Crippen LogP contribution in [0.25, 0.3) is 0 Å². The number of rotatable bonds is 1. The Balaban J connectivity index is 3.64. The van der Waals surface area contributed by atoms with E-state index in [1.807, 2.05) is 0 Å². The molecule has 0 N–H and O–H groups in total. The summed E-state index contributed by atoms with van der Waals surface area (Å²) in [5.41, 5.74) is 0. The minimum absolute atomic E-state index is 0.167. The first-order valence-corrected chi connectivity index (χ1v) is 2.00. The van der Waals surface area contributed by atoms with Gasteiger partial charge in [-0.15, -0.1) is 0 Å². The second-order valence-electron chi connectivity index (χ2n) is 1.31. The van der Waals surface area contributed by atoms with Crippen LogP contribution in [0.15, 0.2) is 12.2 Å². The fourth-order valence-electron chi connectivity index (χ4n) is 0.193. The topological polar surface area (TPSA) is 0 Å². The molecule has 5 heteroatoms. The highest BCUT2D eigenvalue weighted by atomic mass is 19.4. The van der Waals surface area contributed by atoms with Gasteiger partial charge in [0.15, 0.2) is 0 Å². The van der Waals surface area contributed by atoms with Crippen LogP contribution in [-0.4, -0.2) is 6.18 Å². The molecule has 0 radical (unpaired) electrons. The SMILES string of the molecule is FC(F)=CCC(F)(F)F. The molecule has 0 saturated carbocycles. The predicted molar refractivity (Wildman–Crippen MR) is 21.0 cm³/mol. The van der Waals surface area contributed by atoms with Gasteiger partial charge in [-0.05, 0) is 6.08 Å². The van der Waals surface area contributed by atoms with Crippen molar-refractivity contribution in [3.63, 3.8) is 0 Å². The summed E-state index contributed by atoms with van der Waals surface area (Å²) >= 11 is 0. The van der Waals surface area contributed by atoms with E-state index in [0.29, 0.717) is 0 Å². The highest BCUT2D eigenvalue weighted by Gasteiger charge is 2.25. The van der Waals surface area contributed by atoms with Gasteiger partial charge in [-0.25, -0.2) is 0 Å². The summed E-state index contributed by atoms with van der Waals surface area (Å²) in [4.78, 5) is 0. The van der Waals surface area contributed by atoms with Crippen molar-refractivity contribution in [2.45, 2.75) is 12.6 Å². The maximum Gasteiger partial charge on any atom is 0.392 e. The quantitative estimate of drug-likeness (QED) is 0.499. The van der Waals surface area contributed by atoms with E-state index in [2.05, 4.69) is 0 Å². The Kier molecular flexibility index (Phi) is 2.61. The largest absolute Gasteiger partial charge is 0.392 e. The number of allylic oxidation sites excluding steroid dienone is 1. The van der Waals surface area contributed by atoms with Crippen LogP contribution in [0.3, 0.4) is 0 Å². The van der Waals surface area contributed by atoms with E-state index < -0.39 is 18.7 Å². The smallest absolute Gasteiger partial charge is 0.174 e. The summed E-state index contributed by atoms with van der Waals surface area (Å²) < 4.78 is 55.0. The molecule has 0 aromatic rings. The minimum atomic E-state index is -4.52. The van der Waals surface area contributed by atoms with Gasteiger partial charge < -0.3 is 0 Å². The molecule has 0 aromatic carbocycles. The third-order valence-corrected chi connectivity index (χ3v) is 0.488. The Morgan fingerprint density at radius 2 is 1.67 bits per heavy atom. The third-order valence-electron chi connectivity index (χ3n) is 0.488. The van der Waals surface area contributed by atoms with Gasteiger partial charge in [-0.2, -0.15) is 22.0 Å². The fraction of sp³-hybridized carbons (Fsp3) is 0.500. The predicted octanol–water partition coefficient (Wildman–Crippen LogP) is 2.72. The van der Waals surface area contributed by atoms with E-state index >= 15 is 0 Å². The summed E-state index contributed by atoms with van der Waals surface area (Å²) in [6.45, 7) is 0. The van der Waals surface area contributed by atoms with Crippen LogP contribution in [-0.2, 0) is 0 Å². The van der Waals surface area contributed by atoms with Gasteiger partial charge in [0.25, 0.3) is 6.08 Å². The molecule has 0 nitrogen and oxygen atoms in total. The van der Waals surface area contributed by atoms with E-state index in [1.54, 1.807) is 0 Å². The van der Waals surface area contributed by atoms with E-state index in [0.717, 1.165) is 0 Å². The van der Waals surface area contributed by atoms with Gasteiger partial charge in [-0.3, -0.25) is 0 Å². The molecule has 0 heterocycles. The molecule has 0 aliphatic carbocycles. The second-order valence-corrected chi connectivity index (χ2v) is 1.31. The van der Waals surface area contributed by atoms with Crippen LogP contribution in [0.2, 0.25) is 0 Å². The lowest BCUT2D eigenvalue weighted by Crippen LogP contribution is -2.04. The molecular weight excluding hydrogens is 143 g/mol. The maximum atomic E-state index is 11.0. The molecule has 0 saturated heterocycles. The number of hydrogen-bond acceptors (Lipinski definition) is 0. The van der Waals surface area contributed by atoms with E-state index in [-0.39, 0.29) is 6.08 Å². The van der Waals surface area contributed by atoms with Gasteiger partial charge in [-0.1, -0.05) is 0 Å². The Labute approximate surface area is 48.0 Å². The summed E-state index contributed by atoms with van der Waals surface area (Å²) in [6, 6.07) is 0. The first-order chi connectivity index (χ1) is 3.92. The third kappa shape index (κ3) is 7.39. The van der Waals surface area contributed by atoms with Crippen molar-refractivity contribution < 1.29 is 22.0 Å². The molecule has 0 spiro atoms. The van der Waals surface area contributed by atoms with Crippen LogP contribution in [0.1, 0.15) is 6.42 Å². The molecular formula is C4H3F5. The van der Waals surface area contributed by atoms with Crippen molar-refractivity contribution in [3.05, 3.63) is 12.2 Å². The zero-order chi connectivity index (χ0) is 7.49. The molecule has 0 amide bonds. The molecule has 0 bridgehead atoms. The fourth-order valence-corrected chi connectivity index (χ4v) is 0.193. The Morgan fingerprint density at radius 1 is 1.22 bits per heavy atom. The summed E-state index contributed by atoms with van der Waals surface area (Å²) in [5.74, 6) is 0. The molecule has 0 rings (SSSR count). The molecule has 0 atom stereocenters. The van der Waals surface area contributed by atoms with Crippen LogP contribution in [0.4, 0.5) is 22.0 Å². The summed E-state index contributed by atoms with van der Waals surface area (Å²) in [7, 11) is 0. The van der Waals surface area contributed by atoms with Crippen molar-refractivity contribution in [1.29, 1.82) is 0 Å². The van der Waals surface area contributed by atoms with Gasteiger partial charge in [0, 0.05) is 0 Å². The minimum Gasteiger partial charge on any atom is -0.174 e. The lowest BCUT2D eigenvalue weighted by Gasteiger charge is -1.98. The Bertz CT molecular complexity index is 107. The molecule has 0 unspecified atom stereocenters. The van der Waals surface area contributed by atoms with Gasteiger partial charge in [0.1, 0.15) is 0 Å². The van der Waals surface area contributed by atoms with Crippen LogP contribution >= 0.6 is 0 Å². The molecule has 0 aliphatic heterocycles. The van der Waals surface area contributed by atoms with Crippen LogP contribution in [0.5, 0.6) is 0 Å². The monoisotopic (exact) mass is 146 g/mol. The molecule has 54 valence electrons. The van der Waals surface area contributed by atoms with E-state index in [1.165, 1.54) is 0 Å². The Hall–Kier alpha value is -0.610. The number of halogens is 5. The number of alkyl halides is 3. The maximum absolute atomic E-state index is 11.0. The summed E-state index contributed by atoms with van der Waals surface area (Å²) in [5, 5.41) is 0. The normalized spacial score (nSPS) is 11.2. The highest BCUT2D eigenvalue weighted by Crippen LogP contribution is 2.20. The first kappa shape index (κ1) is 8.39. The lowest BCUT2D eigenvalue weighted by molar-refractivity contribution is -0.125. The lowest BCUT2D eigenvalue weighted by atomic mass is 10.4. The molecule has 0 aliphatic rings.